The normalized spacial score (nSPS) is 12.6. The van der Waals surface area contributed by atoms with Crippen molar-refractivity contribution in [3.05, 3.63) is 46.0 Å². The van der Waals surface area contributed by atoms with E-state index in [0.29, 0.717) is 0 Å². The maximum absolute atomic E-state index is 6.50. The topological polar surface area (TPSA) is 42.7 Å². The van der Waals surface area contributed by atoms with E-state index in [1.54, 1.807) is 0 Å². The minimum absolute atomic E-state index is 0.182. The molecule has 1 atom stereocenters. The highest BCUT2D eigenvalue weighted by Gasteiger charge is 2.19. The Hall–Kier alpha value is -1.39. The van der Waals surface area contributed by atoms with Gasteiger partial charge in [-0.15, -0.1) is 0 Å². The molecule has 2 aromatic heterocycles. The number of rotatable bonds is 6. The number of halogens is 1. The van der Waals surface area contributed by atoms with Crippen molar-refractivity contribution in [2.75, 3.05) is 7.05 Å². The van der Waals surface area contributed by atoms with Crippen LogP contribution in [0.2, 0.25) is 5.02 Å². The van der Waals surface area contributed by atoms with Crippen LogP contribution < -0.4 is 5.32 Å². The Balaban J connectivity index is 2.32. The number of nitrogens with zero attached hydrogens (tertiary/aromatic N) is 3. The molecule has 0 aliphatic carbocycles. The highest BCUT2D eigenvalue weighted by Crippen LogP contribution is 2.27. The molecule has 4 nitrogen and oxygen atoms in total. The predicted molar refractivity (Wildman–Crippen MR) is 86.8 cm³/mol. The molecule has 2 aromatic rings. The summed E-state index contributed by atoms with van der Waals surface area (Å²) in [5, 5.41) is 8.75. The lowest BCUT2D eigenvalue weighted by Gasteiger charge is -2.17. The number of aryl methyl sites for hydroxylation is 3. The zero-order valence-corrected chi connectivity index (χ0v) is 13.9. The summed E-state index contributed by atoms with van der Waals surface area (Å²) in [4.78, 5) is 4.29. The number of hydrogen-bond donors (Lipinski definition) is 1. The van der Waals surface area contributed by atoms with Gasteiger partial charge in [-0.25, -0.2) is 0 Å². The molecule has 0 saturated heterocycles. The summed E-state index contributed by atoms with van der Waals surface area (Å²) >= 11 is 6.50. The van der Waals surface area contributed by atoms with E-state index in [1.165, 1.54) is 5.56 Å². The molecular formula is C16H23ClN4. The van der Waals surface area contributed by atoms with Crippen molar-refractivity contribution < 1.29 is 0 Å². The fourth-order valence-electron chi connectivity index (χ4n) is 2.56. The lowest BCUT2D eigenvalue weighted by atomic mass is 10.0. The Morgan fingerprint density at radius 1 is 1.33 bits per heavy atom. The van der Waals surface area contributed by atoms with Crippen molar-refractivity contribution in [1.29, 1.82) is 0 Å². The van der Waals surface area contributed by atoms with Gasteiger partial charge >= 0.3 is 0 Å². The molecule has 1 unspecified atom stereocenters. The van der Waals surface area contributed by atoms with Gasteiger partial charge in [-0.1, -0.05) is 24.6 Å². The lowest BCUT2D eigenvalue weighted by molar-refractivity contribution is 0.539. The molecular weight excluding hydrogens is 284 g/mol. The van der Waals surface area contributed by atoms with Crippen LogP contribution in [-0.4, -0.2) is 21.8 Å². The third-order valence-electron chi connectivity index (χ3n) is 3.74. The van der Waals surface area contributed by atoms with E-state index in [4.69, 9.17) is 11.6 Å². The monoisotopic (exact) mass is 306 g/mol. The molecule has 0 aromatic carbocycles. The highest BCUT2D eigenvalue weighted by atomic mass is 35.5. The Morgan fingerprint density at radius 3 is 2.67 bits per heavy atom. The molecule has 5 heteroatoms. The smallest absolute Gasteiger partial charge is 0.0850 e. The van der Waals surface area contributed by atoms with Crippen molar-refractivity contribution in [3.8, 4) is 0 Å². The number of likely N-dealkylation sites (N-methyl/N-ethyl adjacent to an activating group) is 1. The van der Waals surface area contributed by atoms with Crippen LogP contribution in [0.15, 0.2) is 18.5 Å². The van der Waals surface area contributed by atoms with Crippen molar-refractivity contribution in [2.24, 2.45) is 0 Å². The van der Waals surface area contributed by atoms with E-state index < -0.39 is 0 Å². The van der Waals surface area contributed by atoms with Crippen LogP contribution in [0.25, 0.3) is 0 Å². The fraction of sp³-hybridized carbons (Fsp3) is 0.500. The van der Waals surface area contributed by atoms with Gasteiger partial charge in [-0.3, -0.25) is 9.67 Å². The second kappa shape index (κ2) is 7.05. The van der Waals surface area contributed by atoms with Gasteiger partial charge in [0.15, 0.2) is 0 Å². The molecule has 21 heavy (non-hydrogen) atoms. The number of nitrogens with one attached hydrogen (secondary N) is 1. The minimum atomic E-state index is 0.182. The Labute approximate surface area is 131 Å². The van der Waals surface area contributed by atoms with E-state index in [9.17, 15) is 0 Å². The number of hydrogen-bond acceptors (Lipinski definition) is 3. The standard InChI is InChI=1S/C16H23ClN4/c1-5-13-16(17)15(21(6-2)20-13)8-14(18-4)12-7-11(3)9-19-10-12/h7,9-10,14,18H,5-6,8H2,1-4H3. The second-order valence-corrected chi connectivity index (χ2v) is 5.60. The summed E-state index contributed by atoms with van der Waals surface area (Å²) in [6, 6.07) is 2.34. The summed E-state index contributed by atoms with van der Waals surface area (Å²) in [6.45, 7) is 7.06. The summed E-state index contributed by atoms with van der Waals surface area (Å²) < 4.78 is 2.01. The molecule has 2 heterocycles. The van der Waals surface area contributed by atoms with Crippen molar-refractivity contribution in [1.82, 2.24) is 20.1 Å². The number of aromatic nitrogens is 3. The van der Waals surface area contributed by atoms with Gasteiger partial charge in [-0.05, 0) is 38.4 Å². The summed E-state index contributed by atoms with van der Waals surface area (Å²) in [7, 11) is 1.97. The van der Waals surface area contributed by atoms with E-state index in [2.05, 4.69) is 42.2 Å². The molecule has 0 fully saturated rings. The van der Waals surface area contributed by atoms with Crippen molar-refractivity contribution >= 4 is 11.6 Å². The molecule has 0 bridgehead atoms. The van der Waals surface area contributed by atoms with Crippen LogP contribution >= 0.6 is 11.6 Å². The van der Waals surface area contributed by atoms with Crippen LogP contribution in [0, 0.1) is 6.92 Å². The average Bonchev–Trinajstić information content (AvgIpc) is 2.80. The highest BCUT2D eigenvalue weighted by molar-refractivity contribution is 6.31. The van der Waals surface area contributed by atoms with Gasteiger partial charge in [-0.2, -0.15) is 5.10 Å². The lowest BCUT2D eigenvalue weighted by Crippen LogP contribution is -2.21. The van der Waals surface area contributed by atoms with Crippen molar-refractivity contribution in [3.63, 3.8) is 0 Å². The Morgan fingerprint density at radius 2 is 2.10 bits per heavy atom. The predicted octanol–water partition coefficient (Wildman–Crippen LogP) is 3.33. The van der Waals surface area contributed by atoms with Gasteiger partial charge in [0.2, 0.25) is 0 Å². The van der Waals surface area contributed by atoms with Crippen LogP contribution in [-0.2, 0) is 19.4 Å². The zero-order chi connectivity index (χ0) is 15.4. The van der Waals surface area contributed by atoms with Gasteiger partial charge in [0.05, 0.1) is 16.4 Å². The first-order valence-corrected chi connectivity index (χ1v) is 7.81. The van der Waals surface area contributed by atoms with E-state index in [-0.39, 0.29) is 6.04 Å². The molecule has 0 spiro atoms. The van der Waals surface area contributed by atoms with Crippen LogP contribution in [0.5, 0.6) is 0 Å². The summed E-state index contributed by atoms with van der Waals surface area (Å²) in [5.74, 6) is 0. The zero-order valence-electron chi connectivity index (χ0n) is 13.2. The van der Waals surface area contributed by atoms with E-state index in [1.807, 2.05) is 24.1 Å². The molecule has 0 amide bonds. The largest absolute Gasteiger partial charge is 0.313 e. The van der Waals surface area contributed by atoms with Crippen molar-refractivity contribution in [2.45, 2.75) is 46.2 Å². The first-order valence-electron chi connectivity index (χ1n) is 7.43. The molecule has 2 rings (SSSR count). The van der Waals surface area contributed by atoms with E-state index >= 15 is 0 Å². The van der Waals surface area contributed by atoms with Gasteiger partial charge in [0.25, 0.3) is 0 Å². The van der Waals surface area contributed by atoms with Gasteiger partial charge < -0.3 is 5.32 Å². The molecule has 1 N–H and O–H groups in total. The van der Waals surface area contributed by atoms with Crippen LogP contribution in [0.4, 0.5) is 0 Å². The molecule has 0 aliphatic heterocycles. The first kappa shape index (κ1) is 16.0. The second-order valence-electron chi connectivity index (χ2n) is 5.22. The fourth-order valence-corrected chi connectivity index (χ4v) is 2.91. The van der Waals surface area contributed by atoms with Gasteiger partial charge in [0.1, 0.15) is 0 Å². The maximum Gasteiger partial charge on any atom is 0.0850 e. The third-order valence-corrected chi connectivity index (χ3v) is 4.17. The van der Waals surface area contributed by atoms with Crippen LogP contribution in [0.3, 0.4) is 0 Å². The molecule has 114 valence electrons. The maximum atomic E-state index is 6.50. The molecule has 0 saturated carbocycles. The SMILES string of the molecule is CCc1nn(CC)c(CC(NC)c2cncc(C)c2)c1Cl. The molecule has 0 radical (unpaired) electrons. The average molecular weight is 307 g/mol. The first-order chi connectivity index (χ1) is 10.1. The van der Waals surface area contributed by atoms with E-state index in [0.717, 1.165) is 41.4 Å². The van der Waals surface area contributed by atoms with Gasteiger partial charge in [0, 0.05) is 31.4 Å². The quantitative estimate of drug-likeness (QED) is 0.890. The Kier molecular flexibility index (Phi) is 5.37. The Bertz CT molecular complexity index is 606. The summed E-state index contributed by atoms with van der Waals surface area (Å²) in [5.41, 5.74) is 4.41. The minimum Gasteiger partial charge on any atom is -0.313 e. The summed E-state index contributed by atoms with van der Waals surface area (Å²) in [6.07, 6.45) is 5.44. The third kappa shape index (κ3) is 3.44. The van der Waals surface area contributed by atoms with Crippen LogP contribution in [0.1, 0.15) is 42.4 Å². The number of pyridine rings is 1. The molecule has 0 aliphatic rings.